The Hall–Kier alpha value is -0.170. The van der Waals surface area contributed by atoms with Gasteiger partial charge >= 0.3 is 0 Å². The molecular weight excluding hydrogens is 328 g/mol. The molecule has 0 saturated heterocycles. The van der Waals surface area contributed by atoms with Crippen LogP contribution >= 0.6 is 22.9 Å². The number of nitrogens with one attached hydrogen (secondary N) is 1. The van der Waals surface area contributed by atoms with Crippen molar-refractivity contribution in [1.82, 2.24) is 9.71 Å². The molecule has 1 N–H and O–H groups in total. The van der Waals surface area contributed by atoms with Crippen molar-refractivity contribution in [2.75, 3.05) is 0 Å². The molecule has 4 nitrogen and oxygen atoms in total. The van der Waals surface area contributed by atoms with Gasteiger partial charge in [0.05, 0.1) is 5.69 Å². The normalized spacial score (nSPS) is 38.1. The molecule has 4 bridgehead atoms. The quantitative estimate of drug-likeness (QED) is 0.914. The zero-order valence-corrected chi connectivity index (χ0v) is 14.3. The Morgan fingerprint density at radius 2 is 1.71 bits per heavy atom. The largest absolute Gasteiger partial charge is 0.252 e. The lowest BCUT2D eigenvalue weighted by Crippen LogP contribution is -2.55. The van der Waals surface area contributed by atoms with Crippen molar-refractivity contribution < 1.29 is 8.42 Å². The molecule has 0 amide bonds. The van der Waals surface area contributed by atoms with Gasteiger partial charge in [-0.25, -0.2) is 18.1 Å². The van der Waals surface area contributed by atoms with Crippen LogP contribution in [0.2, 0.25) is 4.47 Å². The number of aryl methyl sites for hydroxylation is 1. The first-order valence-corrected chi connectivity index (χ1v) is 10.3. The third-order valence-corrected chi connectivity index (χ3v) is 8.82. The third kappa shape index (κ3) is 2.44. The van der Waals surface area contributed by atoms with Gasteiger partial charge in [0.2, 0.25) is 0 Å². The summed E-state index contributed by atoms with van der Waals surface area (Å²) in [5.41, 5.74) is 0.501. The SMILES string of the molecule is Cc1nc(Cl)sc1S(=O)(=O)NC1C2CC3CC(C2)CC1C3. The Morgan fingerprint density at radius 1 is 1.14 bits per heavy atom. The summed E-state index contributed by atoms with van der Waals surface area (Å²) >= 11 is 6.90. The van der Waals surface area contributed by atoms with E-state index in [0.717, 1.165) is 23.2 Å². The minimum absolute atomic E-state index is 0.114. The van der Waals surface area contributed by atoms with Crippen LogP contribution in [0.4, 0.5) is 0 Å². The number of rotatable bonds is 3. The smallest absolute Gasteiger partial charge is 0.229 e. The molecule has 0 aliphatic heterocycles. The monoisotopic (exact) mass is 346 g/mol. The standard InChI is InChI=1S/C14H19ClN2O2S2/c1-7-13(20-14(15)16-7)21(18,19)17-12-10-3-8-2-9(5-10)6-11(12)4-8/h8-12,17H,2-6H2,1H3. The second kappa shape index (κ2) is 4.91. The zero-order chi connectivity index (χ0) is 14.8. The van der Waals surface area contributed by atoms with Crippen molar-refractivity contribution in [2.24, 2.45) is 23.7 Å². The fourth-order valence-electron chi connectivity index (χ4n) is 4.95. The summed E-state index contributed by atoms with van der Waals surface area (Å²) in [6.45, 7) is 1.70. The molecule has 4 aliphatic rings. The van der Waals surface area contributed by atoms with Crippen molar-refractivity contribution in [3.05, 3.63) is 10.2 Å². The molecule has 116 valence electrons. The van der Waals surface area contributed by atoms with Gasteiger partial charge in [-0.05, 0) is 62.7 Å². The fraction of sp³-hybridized carbons (Fsp3) is 0.786. The summed E-state index contributed by atoms with van der Waals surface area (Å²) in [7, 11) is -3.49. The van der Waals surface area contributed by atoms with Crippen LogP contribution in [0.15, 0.2) is 4.21 Å². The van der Waals surface area contributed by atoms with Gasteiger partial charge in [-0.1, -0.05) is 22.9 Å². The summed E-state index contributed by atoms with van der Waals surface area (Å²) in [6, 6.07) is 0.114. The number of hydrogen-bond acceptors (Lipinski definition) is 4. The predicted molar refractivity (Wildman–Crippen MR) is 83.0 cm³/mol. The molecule has 1 heterocycles. The Bertz CT molecular complexity index is 643. The van der Waals surface area contributed by atoms with E-state index in [0.29, 0.717) is 17.5 Å². The van der Waals surface area contributed by atoms with E-state index in [1.165, 1.54) is 32.1 Å². The zero-order valence-electron chi connectivity index (χ0n) is 11.9. The summed E-state index contributed by atoms with van der Waals surface area (Å²) in [6.07, 6.45) is 6.16. The molecule has 4 fully saturated rings. The average Bonchev–Trinajstić information content (AvgIpc) is 2.73. The molecule has 4 saturated carbocycles. The summed E-state index contributed by atoms with van der Waals surface area (Å²) in [5.74, 6) is 2.74. The highest BCUT2D eigenvalue weighted by Crippen LogP contribution is 2.54. The van der Waals surface area contributed by atoms with Crippen LogP contribution < -0.4 is 4.72 Å². The highest BCUT2D eigenvalue weighted by atomic mass is 35.5. The number of aromatic nitrogens is 1. The average molecular weight is 347 g/mol. The van der Waals surface area contributed by atoms with Crippen LogP contribution in [0.25, 0.3) is 0 Å². The third-order valence-electron chi connectivity index (χ3n) is 5.49. The van der Waals surface area contributed by atoms with Gasteiger partial charge in [-0.15, -0.1) is 0 Å². The second-order valence-corrected chi connectivity index (χ2v) is 10.4. The van der Waals surface area contributed by atoms with E-state index in [2.05, 4.69) is 9.71 Å². The molecule has 0 spiro atoms. The number of hydrogen-bond donors (Lipinski definition) is 1. The maximum absolute atomic E-state index is 12.7. The van der Waals surface area contributed by atoms with Crippen LogP contribution in [0.3, 0.4) is 0 Å². The predicted octanol–water partition coefficient (Wildman–Crippen LogP) is 3.21. The van der Waals surface area contributed by atoms with Crippen LogP contribution in [0.5, 0.6) is 0 Å². The van der Waals surface area contributed by atoms with Gasteiger partial charge in [-0.3, -0.25) is 0 Å². The number of thiazole rings is 1. The molecule has 1 aromatic heterocycles. The maximum atomic E-state index is 12.7. The molecule has 5 rings (SSSR count). The Kier molecular flexibility index (Phi) is 3.37. The van der Waals surface area contributed by atoms with E-state index < -0.39 is 10.0 Å². The van der Waals surface area contributed by atoms with Crippen LogP contribution in [0, 0.1) is 30.6 Å². The number of halogens is 1. The van der Waals surface area contributed by atoms with Crippen molar-refractivity contribution in [2.45, 2.75) is 49.3 Å². The van der Waals surface area contributed by atoms with Gasteiger partial charge in [0, 0.05) is 6.04 Å². The molecular formula is C14H19ClN2O2S2. The summed E-state index contributed by atoms with van der Waals surface area (Å²) < 4.78 is 28.9. The Labute approximate surface area is 134 Å². The first kappa shape index (κ1) is 14.4. The molecule has 7 heteroatoms. The van der Waals surface area contributed by atoms with E-state index in [9.17, 15) is 8.42 Å². The minimum Gasteiger partial charge on any atom is -0.229 e. The first-order chi connectivity index (χ1) is 9.92. The molecule has 0 radical (unpaired) electrons. The summed E-state index contributed by atoms with van der Waals surface area (Å²) in [4.78, 5) is 4.03. The van der Waals surface area contributed by atoms with Crippen molar-refractivity contribution in [1.29, 1.82) is 0 Å². The minimum atomic E-state index is -3.49. The lowest BCUT2D eigenvalue weighted by molar-refractivity contribution is -0.00556. The van der Waals surface area contributed by atoms with Gasteiger partial charge in [0.25, 0.3) is 10.0 Å². The number of nitrogens with zero attached hydrogens (tertiary/aromatic N) is 1. The van der Waals surface area contributed by atoms with Crippen LogP contribution in [-0.4, -0.2) is 19.4 Å². The van der Waals surface area contributed by atoms with Crippen LogP contribution in [0.1, 0.15) is 37.8 Å². The maximum Gasteiger partial charge on any atom is 0.252 e. The van der Waals surface area contributed by atoms with Crippen LogP contribution in [-0.2, 0) is 10.0 Å². The summed E-state index contributed by atoms with van der Waals surface area (Å²) in [5, 5.41) is 0. The van der Waals surface area contributed by atoms with Crippen molar-refractivity contribution in [3.8, 4) is 0 Å². The van der Waals surface area contributed by atoms with E-state index in [4.69, 9.17) is 11.6 Å². The lowest BCUT2D eigenvalue weighted by Gasteiger charge is -2.54. The highest BCUT2D eigenvalue weighted by Gasteiger charge is 2.49. The Morgan fingerprint density at radius 3 is 2.19 bits per heavy atom. The first-order valence-electron chi connectivity index (χ1n) is 7.57. The topological polar surface area (TPSA) is 59.1 Å². The molecule has 1 aromatic rings. The van der Waals surface area contributed by atoms with Gasteiger partial charge in [0.1, 0.15) is 0 Å². The van der Waals surface area contributed by atoms with E-state index in [1.54, 1.807) is 6.92 Å². The van der Waals surface area contributed by atoms with E-state index in [1.807, 2.05) is 0 Å². The second-order valence-electron chi connectivity index (χ2n) is 6.92. The molecule has 0 unspecified atom stereocenters. The van der Waals surface area contributed by atoms with Gasteiger partial charge < -0.3 is 0 Å². The van der Waals surface area contributed by atoms with Gasteiger partial charge in [0.15, 0.2) is 8.68 Å². The molecule has 0 atom stereocenters. The van der Waals surface area contributed by atoms with Crippen molar-refractivity contribution in [3.63, 3.8) is 0 Å². The molecule has 21 heavy (non-hydrogen) atoms. The van der Waals surface area contributed by atoms with Crippen molar-refractivity contribution >= 4 is 33.0 Å². The molecule has 4 aliphatic carbocycles. The van der Waals surface area contributed by atoms with E-state index in [-0.39, 0.29) is 14.7 Å². The van der Waals surface area contributed by atoms with Gasteiger partial charge in [-0.2, -0.15) is 0 Å². The Balaban J connectivity index is 1.59. The number of sulfonamides is 1. The molecule has 0 aromatic carbocycles. The highest BCUT2D eigenvalue weighted by molar-refractivity contribution is 7.91. The lowest BCUT2D eigenvalue weighted by atomic mass is 9.54. The fourth-order valence-corrected chi connectivity index (χ4v) is 8.08. The van der Waals surface area contributed by atoms with E-state index >= 15 is 0 Å².